The fourth-order valence-electron chi connectivity index (χ4n) is 5.51. The van der Waals surface area contributed by atoms with Crippen molar-refractivity contribution in [2.24, 2.45) is 5.92 Å². The zero-order chi connectivity index (χ0) is 28.8. The third-order valence-corrected chi connectivity index (χ3v) is 7.59. The van der Waals surface area contributed by atoms with E-state index in [1.807, 2.05) is 12.1 Å². The number of benzene rings is 2. The van der Waals surface area contributed by atoms with Crippen molar-refractivity contribution in [1.82, 2.24) is 10.2 Å². The molecule has 0 aromatic heterocycles. The van der Waals surface area contributed by atoms with E-state index in [1.165, 1.54) is 37.4 Å². The minimum Gasteiger partial charge on any atom is -0.466 e. The number of carbonyl (C=O) groups excluding carboxylic acids is 2. The summed E-state index contributed by atoms with van der Waals surface area (Å²) in [6.07, 6.45) is 2.92. The number of halogens is 1. The lowest BCUT2D eigenvalue weighted by Crippen LogP contribution is -2.37. The van der Waals surface area contributed by atoms with E-state index in [0.29, 0.717) is 29.4 Å². The van der Waals surface area contributed by atoms with Gasteiger partial charge in [0.05, 0.1) is 29.1 Å². The Labute approximate surface area is 232 Å². The molecule has 0 radical (unpaired) electrons. The Morgan fingerprint density at radius 2 is 1.70 bits per heavy atom. The predicted octanol–water partition coefficient (Wildman–Crippen LogP) is 4.64. The largest absolute Gasteiger partial charge is 0.466 e. The van der Waals surface area contributed by atoms with Gasteiger partial charge in [0.1, 0.15) is 12.4 Å². The van der Waals surface area contributed by atoms with Crippen molar-refractivity contribution in [3.8, 4) is 0 Å². The molecule has 10 heteroatoms. The quantitative estimate of drug-likeness (QED) is 0.273. The highest BCUT2D eigenvalue weighted by Gasteiger charge is 2.38. The Morgan fingerprint density at radius 1 is 1.05 bits per heavy atom. The Hall–Kier alpha value is -4.05. The van der Waals surface area contributed by atoms with Gasteiger partial charge in [0.25, 0.3) is 5.69 Å². The van der Waals surface area contributed by atoms with Crippen LogP contribution in [0.4, 0.5) is 10.1 Å². The number of nitrogens with one attached hydrogen (secondary N) is 1. The summed E-state index contributed by atoms with van der Waals surface area (Å²) < 4.78 is 23.9. The Morgan fingerprint density at radius 3 is 2.33 bits per heavy atom. The van der Waals surface area contributed by atoms with Crippen molar-refractivity contribution >= 4 is 17.6 Å². The minimum atomic E-state index is -0.886. The van der Waals surface area contributed by atoms with Crippen molar-refractivity contribution < 1.29 is 28.4 Å². The van der Waals surface area contributed by atoms with E-state index in [4.69, 9.17) is 9.47 Å². The number of esters is 2. The number of dihydropyridines is 1. The number of hydrogen-bond donors (Lipinski definition) is 1. The van der Waals surface area contributed by atoms with Crippen LogP contribution in [0.25, 0.3) is 0 Å². The Balaban J connectivity index is 1.41. The van der Waals surface area contributed by atoms with Gasteiger partial charge in [0.2, 0.25) is 0 Å². The Kier molecular flexibility index (Phi) is 9.31. The molecule has 9 nitrogen and oxygen atoms in total. The van der Waals surface area contributed by atoms with Gasteiger partial charge in [0, 0.05) is 30.1 Å². The number of non-ortho nitro benzene ring substituents is 1. The highest BCUT2D eigenvalue weighted by molar-refractivity contribution is 5.99. The van der Waals surface area contributed by atoms with Gasteiger partial charge in [-0.05, 0) is 75.4 Å². The van der Waals surface area contributed by atoms with Crippen LogP contribution in [-0.2, 0) is 25.5 Å². The van der Waals surface area contributed by atoms with E-state index in [2.05, 4.69) is 10.2 Å². The molecule has 2 heterocycles. The summed E-state index contributed by atoms with van der Waals surface area (Å²) in [7, 11) is 1.25. The van der Waals surface area contributed by atoms with Crippen LogP contribution in [0.3, 0.4) is 0 Å². The third kappa shape index (κ3) is 6.74. The first-order valence-corrected chi connectivity index (χ1v) is 13.3. The number of methoxy groups -OCH3 is 1. The van der Waals surface area contributed by atoms with Crippen LogP contribution in [0.15, 0.2) is 71.1 Å². The van der Waals surface area contributed by atoms with Crippen molar-refractivity contribution in [3.63, 3.8) is 0 Å². The molecule has 40 heavy (non-hydrogen) atoms. The molecule has 1 atom stereocenters. The molecule has 0 amide bonds. The molecule has 0 aliphatic carbocycles. The average molecular weight is 552 g/mol. The highest BCUT2D eigenvalue weighted by Crippen LogP contribution is 2.40. The number of carbonyl (C=O) groups is 2. The molecule has 2 aromatic rings. The molecule has 1 saturated heterocycles. The summed E-state index contributed by atoms with van der Waals surface area (Å²) in [5.74, 6) is -1.83. The number of likely N-dealkylation sites (tertiary alicyclic amines) is 1. The van der Waals surface area contributed by atoms with Crippen LogP contribution in [0.5, 0.6) is 0 Å². The van der Waals surface area contributed by atoms with Crippen LogP contribution in [0.2, 0.25) is 0 Å². The van der Waals surface area contributed by atoms with E-state index < -0.39 is 22.8 Å². The molecular formula is C30H34FN3O6. The average Bonchev–Trinajstić information content (AvgIpc) is 2.94. The normalized spacial score (nSPS) is 18.4. The number of hydrogen-bond acceptors (Lipinski definition) is 8. The maximum Gasteiger partial charge on any atom is 0.336 e. The monoisotopic (exact) mass is 551 g/mol. The van der Waals surface area contributed by atoms with Gasteiger partial charge in [-0.25, -0.2) is 14.0 Å². The second-order valence-corrected chi connectivity index (χ2v) is 10.2. The smallest absolute Gasteiger partial charge is 0.336 e. The first-order chi connectivity index (χ1) is 19.2. The number of nitro groups is 1. The first kappa shape index (κ1) is 28.9. The van der Waals surface area contributed by atoms with Crippen molar-refractivity contribution in [2.45, 2.75) is 39.0 Å². The summed E-state index contributed by atoms with van der Waals surface area (Å²) in [6, 6.07) is 12.5. The number of allylic oxidation sites excluding steroid dienone is 2. The van der Waals surface area contributed by atoms with E-state index in [-0.39, 0.29) is 29.3 Å². The number of nitrogens with zero attached hydrogens (tertiary/aromatic N) is 2. The third-order valence-electron chi connectivity index (χ3n) is 7.59. The van der Waals surface area contributed by atoms with E-state index in [0.717, 1.165) is 37.9 Å². The lowest BCUT2D eigenvalue weighted by molar-refractivity contribution is -0.384. The lowest BCUT2D eigenvalue weighted by Gasteiger charge is -2.32. The molecule has 0 saturated carbocycles. The van der Waals surface area contributed by atoms with Gasteiger partial charge in [-0.1, -0.05) is 24.3 Å². The summed E-state index contributed by atoms with van der Waals surface area (Å²) in [5, 5.41) is 14.5. The van der Waals surface area contributed by atoms with Crippen molar-refractivity contribution in [1.29, 1.82) is 0 Å². The molecule has 1 fully saturated rings. The maximum atomic E-state index is 13.4. The summed E-state index contributed by atoms with van der Waals surface area (Å²) in [6.45, 7) is 5.88. The summed E-state index contributed by atoms with van der Waals surface area (Å²) in [5.41, 5.74) is 2.82. The molecule has 2 aliphatic rings. The molecule has 0 bridgehead atoms. The lowest BCUT2D eigenvalue weighted by atomic mass is 9.80. The molecule has 1 N–H and O–H groups in total. The first-order valence-electron chi connectivity index (χ1n) is 13.3. The Bertz CT molecular complexity index is 1330. The molecule has 212 valence electrons. The number of ether oxygens (including phenoxy) is 2. The second-order valence-electron chi connectivity index (χ2n) is 10.2. The molecule has 4 rings (SSSR count). The van der Waals surface area contributed by atoms with Gasteiger partial charge in [-0.15, -0.1) is 0 Å². The predicted molar refractivity (Wildman–Crippen MR) is 147 cm³/mol. The van der Waals surface area contributed by atoms with Crippen molar-refractivity contribution in [3.05, 3.63) is 98.1 Å². The topological polar surface area (TPSA) is 111 Å². The molecule has 2 aromatic carbocycles. The van der Waals surface area contributed by atoms with E-state index in [1.54, 1.807) is 19.9 Å². The second kappa shape index (κ2) is 12.9. The van der Waals surface area contributed by atoms with Gasteiger partial charge in [-0.3, -0.25) is 15.0 Å². The maximum absolute atomic E-state index is 13.4. The van der Waals surface area contributed by atoms with Crippen LogP contribution >= 0.6 is 0 Å². The van der Waals surface area contributed by atoms with Crippen LogP contribution in [-0.4, -0.2) is 55.1 Å². The van der Waals surface area contributed by atoms with E-state index in [9.17, 15) is 24.1 Å². The van der Waals surface area contributed by atoms with Gasteiger partial charge < -0.3 is 14.8 Å². The number of piperidine rings is 1. The van der Waals surface area contributed by atoms with Crippen LogP contribution < -0.4 is 5.32 Å². The van der Waals surface area contributed by atoms with Crippen LogP contribution in [0.1, 0.15) is 43.7 Å². The summed E-state index contributed by atoms with van der Waals surface area (Å²) >= 11 is 0. The van der Waals surface area contributed by atoms with Gasteiger partial charge in [0.15, 0.2) is 0 Å². The zero-order valence-corrected chi connectivity index (χ0v) is 22.9. The summed E-state index contributed by atoms with van der Waals surface area (Å²) in [4.78, 5) is 39.4. The van der Waals surface area contributed by atoms with Gasteiger partial charge in [-0.2, -0.15) is 0 Å². The fourth-order valence-corrected chi connectivity index (χ4v) is 5.51. The standard InChI is InChI=1S/C30H34FN3O6/c1-19-26(29(35)39-3)28(23-5-4-6-25(18-23)34(37)38)27(20(2)32-19)30(36)40-16-15-33-13-11-22(12-14-33)17-21-7-9-24(31)10-8-21/h4-10,18,22,28,32H,11-17H2,1-3H3. The molecule has 1 unspecified atom stereocenters. The fraction of sp³-hybridized carbons (Fsp3) is 0.400. The van der Waals surface area contributed by atoms with E-state index >= 15 is 0 Å². The molecule has 2 aliphatic heterocycles. The minimum absolute atomic E-state index is 0.147. The SMILES string of the molecule is COC(=O)C1=C(C)NC(C)=C(C(=O)OCCN2CCC(Cc3ccc(F)cc3)CC2)C1c1cccc([N+](=O)[O-])c1. The zero-order valence-electron chi connectivity index (χ0n) is 22.9. The molecule has 0 spiro atoms. The number of rotatable bonds is 9. The number of nitro benzene ring substituents is 1. The highest BCUT2D eigenvalue weighted by atomic mass is 19.1. The van der Waals surface area contributed by atoms with Gasteiger partial charge >= 0.3 is 11.9 Å². The molecular weight excluding hydrogens is 517 g/mol. The van der Waals surface area contributed by atoms with Crippen LogP contribution in [0, 0.1) is 21.8 Å². The van der Waals surface area contributed by atoms with Crippen molar-refractivity contribution in [2.75, 3.05) is 33.4 Å².